The predicted molar refractivity (Wildman–Crippen MR) is 96.9 cm³/mol. The Morgan fingerprint density at radius 2 is 2.26 bits per heavy atom. The van der Waals surface area contributed by atoms with Crippen molar-refractivity contribution in [2.75, 3.05) is 26.2 Å². The molecule has 6 heteroatoms. The summed E-state index contributed by atoms with van der Waals surface area (Å²) in [5.74, 6) is 1.03. The van der Waals surface area contributed by atoms with Gasteiger partial charge in [0.2, 0.25) is 5.91 Å². The van der Waals surface area contributed by atoms with Gasteiger partial charge in [-0.05, 0) is 36.8 Å². The van der Waals surface area contributed by atoms with Gasteiger partial charge in [-0.1, -0.05) is 13.3 Å². The summed E-state index contributed by atoms with van der Waals surface area (Å²) in [6, 6.07) is 2.14. The first-order valence-electron chi connectivity index (χ1n) is 8.59. The van der Waals surface area contributed by atoms with E-state index in [1.54, 1.807) is 11.3 Å². The highest BCUT2D eigenvalue weighted by Crippen LogP contribution is 2.24. The van der Waals surface area contributed by atoms with Crippen molar-refractivity contribution in [2.45, 2.75) is 46.1 Å². The lowest BCUT2D eigenvalue weighted by molar-refractivity contribution is -0.131. The summed E-state index contributed by atoms with van der Waals surface area (Å²) >= 11 is 1.80. The molecule has 128 valence electrons. The smallest absolute Gasteiger partial charge is 0.224 e. The van der Waals surface area contributed by atoms with Crippen LogP contribution in [0.2, 0.25) is 0 Å². The van der Waals surface area contributed by atoms with Crippen molar-refractivity contribution in [3.8, 4) is 0 Å². The number of thiophene rings is 1. The first kappa shape index (κ1) is 17.8. The van der Waals surface area contributed by atoms with Gasteiger partial charge in [-0.15, -0.1) is 11.3 Å². The van der Waals surface area contributed by atoms with Crippen LogP contribution in [-0.2, 0) is 17.8 Å². The number of hydrogen-bond donors (Lipinski definition) is 2. The number of carbonyl (C=O) groups excluding carboxylic acids is 1. The van der Waals surface area contributed by atoms with Crippen molar-refractivity contribution in [2.24, 2.45) is 4.99 Å². The summed E-state index contributed by atoms with van der Waals surface area (Å²) < 4.78 is 0. The normalized spacial score (nSPS) is 14.5. The lowest BCUT2D eigenvalue weighted by Gasteiger charge is -2.27. The maximum Gasteiger partial charge on any atom is 0.224 e. The monoisotopic (exact) mass is 336 g/mol. The Hall–Kier alpha value is -1.56. The van der Waals surface area contributed by atoms with Crippen molar-refractivity contribution in [3.63, 3.8) is 0 Å². The van der Waals surface area contributed by atoms with Gasteiger partial charge < -0.3 is 15.5 Å². The third kappa shape index (κ3) is 5.53. The minimum absolute atomic E-state index is 0.221. The lowest BCUT2D eigenvalue weighted by Crippen LogP contribution is -2.41. The van der Waals surface area contributed by atoms with E-state index in [0.29, 0.717) is 13.0 Å². The first-order chi connectivity index (χ1) is 11.2. The highest BCUT2D eigenvalue weighted by Gasteiger charge is 2.20. The maximum atomic E-state index is 12.4. The van der Waals surface area contributed by atoms with Crippen molar-refractivity contribution in [1.82, 2.24) is 15.5 Å². The van der Waals surface area contributed by atoms with Gasteiger partial charge in [0.05, 0.1) is 0 Å². The second kappa shape index (κ2) is 9.55. The molecule has 2 heterocycles. The van der Waals surface area contributed by atoms with Gasteiger partial charge in [-0.2, -0.15) is 0 Å². The van der Waals surface area contributed by atoms with Crippen LogP contribution in [0.15, 0.2) is 16.4 Å². The van der Waals surface area contributed by atoms with E-state index in [2.05, 4.69) is 34.0 Å². The number of carbonyl (C=O) groups is 1. The minimum Gasteiger partial charge on any atom is -0.357 e. The molecular formula is C17H28N4OS. The molecule has 0 fully saturated rings. The van der Waals surface area contributed by atoms with Crippen LogP contribution in [0.5, 0.6) is 0 Å². The zero-order valence-electron chi connectivity index (χ0n) is 14.2. The molecule has 0 saturated heterocycles. The number of rotatable bonds is 7. The van der Waals surface area contributed by atoms with Crippen molar-refractivity contribution in [3.05, 3.63) is 21.9 Å². The minimum atomic E-state index is 0.221. The van der Waals surface area contributed by atoms with Gasteiger partial charge in [0.25, 0.3) is 0 Å². The Morgan fingerprint density at radius 3 is 3.04 bits per heavy atom. The van der Waals surface area contributed by atoms with Crippen LogP contribution < -0.4 is 10.6 Å². The van der Waals surface area contributed by atoms with Crippen LogP contribution in [0.25, 0.3) is 0 Å². The standard InChI is InChI=1S/C17H28N4OS/c1-3-5-9-19-17(18-4-2)20-10-6-16(22)21-11-7-15-14(13-21)8-12-23-15/h8,12H,3-7,9-11,13H2,1-2H3,(H2,18,19,20). The molecule has 0 aliphatic carbocycles. The van der Waals surface area contributed by atoms with Crippen molar-refractivity contribution >= 4 is 23.2 Å². The number of nitrogens with one attached hydrogen (secondary N) is 2. The molecule has 0 saturated carbocycles. The van der Waals surface area contributed by atoms with Gasteiger partial charge >= 0.3 is 0 Å². The molecule has 0 bridgehead atoms. The predicted octanol–water partition coefficient (Wildman–Crippen LogP) is 2.38. The van der Waals surface area contributed by atoms with E-state index < -0.39 is 0 Å². The quantitative estimate of drug-likeness (QED) is 0.457. The molecule has 2 rings (SSSR count). The van der Waals surface area contributed by atoms with Crippen molar-refractivity contribution in [1.29, 1.82) is 0 Å². The third-order valence-corrected chi connectivity index (χ3v) is 4.94. The average Bonchev–Trinajstić information content (AvgIpc) is 3.02. The van der Waals surface area contributed by atoms with Crippen LogP contribution in [0.4, 0.5) is 0 Å². The van der Waals surface area contributed by atoms with E-state index in [4.69, 9.17) is 0 Å². The van der Waals surface area contributed by atoms with E-state index in [1.165, 1.54) is 10.4 Å². The zero-order chi connectivity index (χ0) is 16.5. The van der Waals surface area contributed by atoms with Crippen LogP contribution in [-0.4, -0.2) is 42.9 Å². The van der Waals surface area contributed by atoms with Gasteiger partial charge in [-0.3, -0.25) is 9.79 Å². The summed E-state index contributed by atoms with van der Waals surface area (Å²) in [5, 5.41) is 8.60. The Balaban J connectivity index is 1.74. The zero-order valence-corrected chi connectivity index (χ0v) is 15.0. The fraction of sp³-hybridized carbons (Fsp3) is 0.647. The third-order valence-electron chi connectivity index (χ3n) is 3.92. The molecule has 2 N–H and O–H groups in total. The van der Waals surface area contributed by atoms with Gasteiger partial charge in [0, 0.05) is 44.0 Å². The van der Waals surface area contributed by atoms with E-state index in [0.717, 1.165) is 51.4 Å². The fourth-order valence-electron chi connectivity index (χ4n) is 2.60. The molecule has 1 aliphatic rings. The van der Waals surface area contributed by atoms with Gasteiger partial charge in [0.15, 0.2) is 5.96 Å². The number of amides is 1. The van der Waals surface area contributed by atoms with Gasteiger partial charge in [-0.25, -0.2) is 0 Å². The second-order valence-electron chi connectivity index (χ2n) is 5.73. The van der Waals surface area contributed by atoms with Gasteiger partial charge in [0.1, 0.15) is 0 Å². The molecule has 0 radical (unpaired) electrons. The number of hydrogen-bond acceptors (Lipinski definition) is 3. The molecule has 1 aromatic rings. The van der Waals surface area contributed by atoms with E-state index >= 15 is 0 Å². The largest absolute Gasteiger partial charge is 0.357 e. The summed E-state index contributed by atoms with van der Waals surface area (Å²) in [6.45, 7) is 8.11. The molecule has 0 spiro atoms. The molecule has 0 unspecified atom stereocenters. The summed E-state index contributed by atoms with van der Waals surface area (Å²) in [4.78, 5) is 20.3. The number of nitrogens with zero attached hydrogens (tertiary/aromatic N) is 2. The SMILES string of the molecule is CCCCN=C(NCC)NCCC(=O)N1CCc2sccc2C1. The summed E-state index contributed by atoms with van der Waals surface area (Å²) in [6.07, 6.45) is 3.73. The van der Waals surface area contributed by atoms with Crippen LogP contribution in [0.1, 0.15) is 43.6 Å². The lowest BCUT2D eigenvalue weighted by atomic mass is 10.1. The molecule has 23 heavy (non-hydrogen) atoms. The van der Waals surface area contributed by atoms with Crippen LogP contribution in [0, 0.1) is 0 Å². The average molecular weight is 337 g/mol. The summed E-state index contributed by atoms with van der Waals surface area (Å²) in [5.41, 5.74) is 1.32. The van der Waals surface area contributed by atoms with E-state index in [-0.39, 0.29) is 5.91 Å². The number of aliphatic imine (C=N–C) groups is 1. The van der Waals surface area contributed by atoms with Crippen LogP contribution in [0.3, 0.4) is 0 Å². The Morgan fingerprint density at radius 1 is 1.39 bits per heavy atom. The molecule has 1 amide bonds. The fourth-order valence-corrected chi connectivity index (χ4v) is 3.49. The molecular weight excluding hydrogens is 308 g/mol. The van der Waals surface area contributed by atoms with Crippen LogP contribution >= 0.6 is 11.3 Å². The first-order valence-corrected chi connectivity index (χ1v) is 9.47. The van der Waals surface area contributed by atoms with Crippen molar-refractivity contribution < 1.29 is 4.79 Å². The maximum absolute atomic E-state index is 12.4. The molecule has 1 aliphatic heterocycles. The molecule has 0 aromatic carbocycles. The highest BCUT2D eigenvalue weighted by atomic mass is 32.1. The van der Waals surface area contributed by atoms with E-state index in [1.807, 2.05) is 11.8 Å². The second-order valence-corrected chi connectivity index (χ2v) is 6.73. The Kier molecular flexibility index (Phi) is 7.39. The van der Waals surface area contributed by atoms with E-state index in [9.17, 15) is 4.79 Å². The Bertz CT molecular complexity index is 526. The molecule has 0 atom stereocenters. The topological polar surface area (TPSA) is 56.7 Å². The number of fused-ring (bicyclic) bond motifs is 1. The summed E-state index contributed by atoms with van der Waals surface area (Å²) in [7, 11) is 0. The number of unbranched alkanes of at least 4 members (excludes halogenated alkanes) is 1. The molecule has 5 nitrogen and oxygen atoms in total. The highest BCUT2D eigenvalue weighted by molar-refractivity contribution is 7.10. The molecule has 1 aromatic heterocycles. The number of guanidine groups is 1. The Labute approximate surface area is 143 Å².